The van der Waals surface area contributed by atoms with Gasteiger partial charge in [0.2, 0.25) is 0 Å². The van der Waals surface area contributed by atoms with Gasteiger partial charge < -0.3 is 4.42 Å². The monoisotopic (exact) mass is 220 g/mol. The van der Waals surface area contributed by atoms with Crippen molar-refractivity contribution < 1.29 is 4.42 Å². The standard InChI is InChI=1S/C16H12O/c1-2-6-12-11(5-1)9-10-14-13-7-3-4-8-15(13)17-16(12)14/h2-4,6-10H,1,5H2. The van der Waals surface area contributed by atoms with E-state index in [0.29, 0.717) is 0 Å². The number of hydrogen-bond donors (Lipinski definition) is 0. The maximum atomic E-state index is 6.00. The van der Waals surface area contributed by atoms with Gasteiger partial charge in [-0.1, -0.05) is 42.5 Å². The molecular weight excluding hydrogens is 208 g/mol. The van der Waals surface area contributed by atoms with Gasteiger partial charge in [0.05, 0.1) is 0 Å². The number of furan rings is 1. The van der Waals surface area contributed by atoms with Gasteiger partial charge in [-0.05, 0) is 24.5 Å². The largest absolute Gasteiger partial charge is 0.455 e. The summed E-state index contributed by atoms with van der Waals surface area (Å²) in [5.74, 6) is 0. The van der Waals surface area contributed by atoms with E-state index in [1.807, 2.05) is 12.1 Å². The molecule has 0 atom stereocenters. The third kappa shape index (κ3) is 1.19. The Balaban J connectivity index is 2.22. The maximum Gasteiger partial charge on any atom is 0.142 e. The highest BCUT2D eigenvalue weighted by atomic mass is 16.3. The van der Waals surface area contributed by atoms with Gasteiger partial charge in [0, 0.05) is 16.3 Å². The van der Waals surface area contributed by atoms with E-state index in [4.69, 9.17) is 4.42 Å². The molecule has 1 heteroatoms. The van der Waals surface area contributed by atoms with Gasteiger partial charge in [-0.15, -0.1) is 0 Å². The summed E-state index contributed by atoms with van der Waals surface area (Å²) in [6, 6.07) is 12.7. The van der Waals surface area contributed by atoms with Crippen LogP contribution in [0.3, 0.4) is 0 Å². The summed E-state index contributed by atoms with van der Waals surface area (Å²) < 4.78 is 6.00. The van der Waals surface area contributed by atoms with Gasteiger partial charge in [-0.25, -0.2) is 0 Å². The van der Waals surface area contributed by atoms with Crippen LogP contribution in [0.15, 0.2) is 46.9 Å². The highest BCUT2D eigenvalue weighted by Gasteiger charge is 2.13. The molecule has 0 unspecified atom stereocenters. The average molecular weight is 220 g/mol. The lowest BCUT2D eigenvalue weighted by molar-refractivity contribution is 0.666. The van der Waals surface area contributed by atoms with Crippen LogP contribution in [0.5, 0.6) is 0 Å². The second-order valence-electron chi connectivity index (χ2n) is 4.55. The number of allylic oxidation sites excluding steroid dienone is 1. The predicted octanol–water partition coefficient (Wildman–Crippen LogP) is 4.55. The lowest BCUT2D eigenvalue weighted by Crippen LogP contribution is -1.93. The average Bonchev–Trinajstić information content (AvgIpc) is 2.78. The van der Waals surface area contributed by atoms with Crippen molar-refractivity contribution in [3.63, 3.8) is 0 Å². The van der Waals surface area contributed by atoms with Crippen LogP contribution in [-0.2, 0) is 6.42 Å². The van der Waals surface area contributed by atoms with Gasteiger partial charge >= 0.3 is 0 Å². The summed E-state index contributed by atoms with van der Waals surface area (Å²) in [5, 5.41) is 2.44. The molecule has 0 bridgehead atoms. The number of fused-ring (bicyclic) bond motifs is 5. The predicted molar refractivity (Wildman–Crippen MR) is 71.1 cm³/mol. The van der Waals surface area contributed by atoms with Crippen molar-refractivity contribution in [2.45, 2.75) is 12.8 Å². The quantitative estimate of drug-likeness (QED) is 0.542. The van der Waals surface area contributed by atoms with E-state index in [1.54, 1.807) is 0 Å². The molecule has 2 aromatic carbocycles. The number of hydrogen-bond acceptors (Lipinski definition) is 1. The molecule has 0 amide bonds. The molecule has 17 heavy (non-hydrogen) atoms. The Labute approximate surface area is 99.4 Å². The molecule has 1 heterocycles. The van der Waals surface area contributed by atoms with Crippen molar-refractivity contribution in [3.05, 3.63) is 53.6 Å². The smallest absolute Gasteiger partial charge is 0.142 e. The van der Waals surface area contributed by atoms with Crippen LogP contribution < -0.4 is 0 Å². The van der Waals surface area contributed by atoms with Crippen LogP contribution in [0.2, 0.25) is 0 Å². The van der Waals surface area contributed by atoms with Crippen LogP contribution >= 0.6 is 0 Å². The van der Waals surface area contributed by atoms with Crippen LogP contribution in [-0.4, -0.2) is 0 Å². The molecule has 1 nitrogen and oxygen atoms in total. The van der Waals surface area contributed by atoms with E-state index in [0.717, 1.165) is 24.0 Å². The molecule has 0 spiro atoms. The summed E-state index contributed by atoms with van der Waals surface area (Å²) in [4.78, 5) is 0. The Morgan fingerprint density at radius 3 is 2.88 bits per heavy atom. The normalized spacial score (nSPS) is 14.4. The summed E-state index contributed by atoms with van der Waals surface area (Å²) in [5.41, 5.74) is 4.69. The Morgan fingerprint density at radius 2 is 1.88 bits per heavy atom. The molecule has 0 radical (unpaired) electrons. The van der Waals surface area contributed by atoms with Gasteiger partial charge in [-0.2, -0.15) is 0 Å². The van der Waals surface area contributed by atoms with Crippen molar-refractivity contribution >= 4 is 28.0 Å². The van der Waals surface area contributed by atoms with E-state index in [1.165, 1.54) is 21.9 Å². The Hall–Kier alpha value is -2.02. The third-order valence-corrected chi connectivity index (χ3v) is 3.54. The molecule has 1 aliphatic rings. The molecule has 0 N–H and O–H groups in total. The van der Waals surface area contributed by atoms with Crippen molar-refractivity contribution in [3.8, 4) is 0 Å². The number of aryl methyl sites for hydroxylation is 1. The molecule has 1 aliphatic carbocycles. The van der Waals surface area contributed by atoms with Crippen molar-refractivity contribution in [2.24, 2.45) is 0 Å². The molecule has 0 saturated carbocycles. The maximum absolute atomic E-state index is 6.00. The number of rotatable bonds is 0. The highest BCUT2D eigenvalue weighted by molar-refractivity contribution is 6.07. The zero-order valence-electron chi connectivity index (χ0n) is 9.44. The first-order chi connectivity index (χ1) is 8.43. The van der Waals surface area contributed by atoms with Crippen molar-refractivity contribution in [2.75, 3.05) is 0 Å². The molecule has 0 fully saturated rings. The van der Waals surface area contributed by atoms with E-state index in [9.17, 15) is 0 Å². The molecule has 4 rings (SSSR count). The topological polar surface area (TPSA) is 13.1 Å². The van der Waals surface area contributed by atoms with E-state index < -0.39 is 0 Å². The molecule has 1 aromatic heterocycles. The SMILES string of the molecule is C1=Cc2c(ccc3c2oc2ccccc23)CC1. The van der Waals surface area contributed by atoms with Crippen LogP contribution in [0.4, 0.5) is 0 Å². The fourth-order valence-electron chi connectivity index (χ4n) is 2.69. The van der Waals surface area contributed by atoms with Crippen molar-refractivity contribution in [1.82, 2.24) is 0 Å². The first-order valence-electron chi connectivity index (χ1n) is 6.03. The van der Waals surface area contributed by atoms with Gasteiger partial charge in [-0.3, -0.25) is 0 Å². The zero-order chi connectivity index (χ0) is 11.2. The lowest BCUT2D eigenvalue weighted by atomic mass is 9.95. The Morgan fingerprint density at radius 1 is 0.941 bits per heavy atom. The van der Waals surface area contributed by atoms with E-state index >= 15 is 0 Å². The highest BCUT2D eigenvalue weighted by Crippen LogP contribution is 2.34. The summed E-state index contributed by atoms with van der Waals surface area (Å²) in [6.45, 7) is 0. The van der Waals surface area contributed by atoms with E-state index in [-0.39, 0.29) is 0 Å². The second-order valence-corrected chi connectivity index (χ2v) is 4.55. The Bertz CT molecular complexity index is 747. The third-order valence-electron chi connectivity index (χ3n) is 3.54. The summed E-state index contributed by atoms with van der Waals surface area (Å²) in [7, 11) is 0. The van der Waals surface area contributed by atoms with E-state index in [2.05, 4.69) is 36.4 Å². The molecule has 3 aromatic rings. The van der Waals surface area contributed by atoms with Crippen molar-refractivity contribution in [1.29, 1.82) is 0 Å². The minimum Gasteiger partial charge on any atom is -0.455 e. The molecule has 0 saturated heterocycles. The zero-order valence-corrected chi connectivity index (χ0v) is 9.44. The molecule has 82 valence electrons. The van der Waals surface area contributed by atoms with Crippen LogP contribution in [0, 0.1) is 0 Å². The molecule has 0 aliphatic heterocycles. The Kier molecular flexibility index (Phi) is 1.72. The summed E-state index contributed by atoms with van der Waals surface area (Å²) >= 11 is 0. The minimum atomic E-state index is 0.981. The second kappa shape index (κ2) is 3.24. The minimum absolute atomic E-state index is 0.981. The number of para-hydroxylation sites is 1. The summed E-state index contributed by atoms with van der Waals surface area (Å²) in [6.07, 6.45) is 6.69. The molecular formula is C16H12O. The van der Waals surface area contributed by atoms with Gasteiger partial charge in [0.15, 0.2) is 0 Å². The van der Waals surface area contributed by atoms with Crippen LogP contribution in [0.1, 0.15) is 17.5 Å². The lowest BCUT2D eigenvalue weighted by Gasteiger charge is -2.09. The van der Waals surface area contributed by atoms with Crippen LogP contribution in [0.25, 0.3) is 28.0 Å². The number of benzene rings is 2. The fraction of sp³-hybridized carbons (Fsp3) is 0.125. The van der Waals surface area contributed by atoms with Gasteiger partial charge in [0.1, 0.15) is 11.2 Å². The fourth-order valence-corrected chi connectivity index (χ4v) is 2.69. The first-order valence-corrected chi connectivity index (χ1v) is 6.03. The van der Waals surface area contributed by atoms with Gasteiger partial charge in [0.25, 0.3) is 0 Å². The first kappa shape index (κ1) is 9.06.